The number of aliphatic hydroxyl groups excluding tert-OH is 1. The number of ether oxygens (including phenoxy) is 3. The first-order chi connectivity index (χ1) is 10.2. The summed E-state index contributed by atoms with van der Waals surface area (Å²) in [5.41, 5.74) is -0.0620. The molecule has 2 N–H and O–H groups in total. The van der Waals surface area contributed by atoms with Gasteiger partial charge in [-0.25, -0.2) is 4.79 Å². The fourth-order valence-electron chi connectivity index (χ4n) is 1.91. The molecule has 1 aromatic carbocycles. The molecule has 2 atom stereocenters. The van der Waals surface area contributed by atoms with Crippen LogP contribution in [0.4, 0.5) is 4.79 Å². The van der Waals surface area contributed by atoms with E-state index in [0.29, 0.717) is 17.1 Å². The summed E-state index contributed by atoms with van der Waals surface area (Å²) in [7, 11) is 3.06. The maximum absolute atomic E-state index is 11.8. The molecule has 0 spiro atoms. The van der Waals surface area contributed by atoms with Crippen molar-refractivity contribution in [2.75, 3.05) is 14.2 Å². The fourth-order valence-corrected chi connectivity index (χ4v) is 1.91. The molecule has 0 fully saturated rings. The van der Waals surface area contributed by atoms with Crippen LogP contribution in [0.3, 0.4) is 0 Å². The van der Waals surface area contributed by atoms with Crippen LogP contribution >= 0.6 is 0 Å². The van der Waals surface area contributed by atoms with Crippen molar-refractivity contribution in [2.45, 2.75) is 45.4 Å². The van der Waals surface area contributed by atoms with E-state index >= 15 is 0 Å². The molecule has 0 aliphatic rings. The Labute approximate surface area is 131 Å². The molecular weight excluding hydrogens is 286 g/mol. The van der Waals surface area contributed by atoms with Gasteiger partial charge in [0.2, 0.25) is 0 Å². The standard InChI is InChI=1S/C16H25NO5/c1-10(17-15(19)22-16(2,3)4)14(18)12-9-11(20-5)7-8-13(12)21-6/h7-10,14,18H,1-6H3,(H,17,19). The molecule has 1 rings (SSSR count). The molecule has 6 nitrogen and oxygen atoms in total. The highest BCUT2D eigenvalue weighted by atomic mass is 16.6. The molecule has 0 aliphatic carbocycles. The molecule has 1 aromatic rings. The number of carbonyl (C=O) groups is 1. The van der Waals surface area contributed by atoms with Crippen LogP contribution in [-0.2, 0) is 4.74 Å². The SMILES string of the molecule is COc1ccc(OC)c(C(O)C(C)NC(=O)OC(C)(C)C)c1. The van der Waals surface area contributed by atoms with Crippen LogP contribution in [0, 0.1) is 0 Å². The van der Waals surface area contributed by atoms with Gasteiger partial charge in [-0.2, -0.15) is 0 Å². The van der Waals surface area contributed by atoms with E-state index < -0.39 is 23.8 Å². The summed E-state index contributed by atoms with van der Waals surface area (Å²) < 4.78 is 15.6. The quantitative estimate of drug-likeness (QED) is 0.874. The van der Waals surface area contributed by atoms with Gasteiger partial charge in [0.1, 0.15) is 23.2 Å². The highest BCUT2D eigenvalue weighted by molar-refractivity contribution is 5.68. The number of aliphatic hydroxyl groups is 1. The molecule has 6 heteroatoms. The van der Waals surface area contributed by atoms with Crippen LogP contribution in [-0.4, -0.2) is 37.1 Å². The van der Waals surface area contributed by atoms with E-state index in [4.69, 9.17) is 14.2 Å². The van der Waals surface area contributed by atoms with E-state index in [0.717, 1.165) is 0 Å². The lowest BCUT2D eigenvalue weighted by atomic mass is 10.0. The Morgan fingerprint density at radius 3 is 2.36 bits per heavy atom. The lowest BCUT2D eigenvalue weighted by Crippen LogP contribution is -2.40. The summed E-state index contributed by atoms with van der Waals surface area (Å²) in [5.74, 6) is 1.12. The van der Waals surface area contributed by atoms with Gasteiger partial charge < -0.3 is 24.6 Å². The van der Waals surface area contributed by atoms with Crippen LogP contribution < -0.4 is 14.8 Å². The van der Waals surface area contributed by atoms with Gasteiger partial charge in [0.05, 0.1) is 20.3 Å². The first kappa shape index (κ1) is 18.1. The zero-order valence-electron chi connectivity index (χ0n) is 14.0. The van der Waals surface area contributed by atoms with E-state index in [2.05, 4.69) is 5.32 Å². The molecule has 0 bridgehead atoms. The number of alkyl carbamates (subject to hydrolysis) is 1. The number of methoxy groups -OCH3 is 2. The monoisotopic (exact) mass is 311 g/mol. The smallest absolute Gasteiger partial charge is 0.407 e. The average molecular weight is 311 g/mol. The number of hydrogen-bond acceptors (Lipinski definition) is 5. The van der Waals surface area contributed by atoms with E-state index in [1.54, 1.807) is 53.0 Å². The zero-order chi connectivity index (χ0) is 16.9. The molecule has 0 saturated heterocycles. The van der Waals surface area contributed by atoms with E-state index in [9.17, 15) is 9.90 Å². The second kappa shape index (κ2) is 7.35. The molecule has 2 unspecified atom stereocenters. The van der Waals surface area contributed by atoms with Crippen molar-refractivity contribution in [2.24, 2.45) is 0 Å². The molecule has 0 saturated carbocycles. The fraction of sp³-hybridized carbons (Fsp3) is 0.562. The van der Waals surface area contributed by atoms with Crippen LogP contribution in [0.1, 0.15) is 39.4 Å². The normalized spacial score (nSPS) is 14.0. The highest BCUT2D eigenvalue weighted by Crippen LogP contribution is 2.31. The minimum absolute atomic E-state index is 0.520. The maximum Gasteiger partial charge on any atom is 0.407 e. The van der Waals surface area contributed by atoms with Crippen LogP contribution in [0.15, 0.2) is 18.2 Å². The largest absolute Gasteiger partial charge is 0.497 e. The van der Waals surface area contributed by atoms with Gasteiger partial charge in [-0.05, 0) is 45.9 Å². The number of amides is 1. The summed E-state index contributed by atoms with van der Waals surface area (Å²) in [6, 6.07) is 4.56. The highest BCUT2D eigenvalue weighted by Gasteiger charge is 2.24. The summed E-state index contributed by atoms with van der Waals surface area (Å²) in [6.07, 6.45) is -1.54. The van der Waals surface area contributed by atoms with Crippen molar-refractivity contribution in [3.63, 3.8) is 0 Å². The lowest BCUT2D eigenvalue weighted by Gasteiger charge is -2.25. The maximum atomic E-state index is 11.8. The predicted octanol–water partition coefficient (Wildman–Crippen LogP) is 2.65. The molecule has 0 aromatic heterocycles. The molecule has 1 amide bonds. The molecule has 0 aliphatic heterocycles. The Morgan fingerprint density at radius 1 is 1.23 bits per heavy atom. The Balaban J connectivity index is 2.86. The molecular formula is C16H25NO5. The third-order valence-corrected chi connectivity index (χ3v) is 2.97. The molecule has 0 radical (unpaired) electrons. The molecule has 0 heterocycles. The number of nitrogens with one attached hydrogen (secondary N) is 1. The van der Waals surface area contributed by atoms with Crippen molar-refractivity contribution in [1.29, 1.82) is 0 Å². The van der Waals surface area contributed by atoms with Crippen LogP contribution in [0.2, 0.25) is 0 Å². The van der Waals surface area contributed by atoms with Crippen molar-refractivity contribution >= 4 is 6.09 Å². The summed E-state index contributed by atoms with van der Waals surface area (Å²) in [4.78, 5) is 11.8. The molecule has 124 valence electrons. The number of hydrogen-bond donors (Lipinski definition) is 2. The second-order valence-electron chi connectivity index (χ2n) is 5.99. The lowest BCUT2D eigenvalue weighted by molar-refractivity contribution is 0.0433. The zero-order valence-corrected chi connectivity index (χ0v) is 14.0. The van der Waals surface area contributed by atoms with Crippen molar-refractivity contribution < 1.29 is 24.1 Å². The van der Waals surface area contributed by atoms with Gasteiger partial charge in [-0.1, -0.05) is 0 Å². The van der Waals surface area contributed by atoms with Gasteiger partial charge in [0.15, 0.2) is 0 Å². The molecule has 22 heavy (non-hydrogen) atoms. The summed E-state index contributed by atoms with van der Waals surface area (Å²) >= 11 is 0. The predicted molar refractivity (Wildman–Crippen MR) is 83.3 cm³/mol. The third kappa shape index (κ3) is 5.11. The minimum atomic E-state index is -0.961. The van der Waals surface area contributed by atoms with E-state index in [1.165, 1.54) is 7.11 Å². The van der Waals surface area contributed by atoms with E-state index in [-0.39, 0.29) is 0 Å². The topological polar surface area (TPSA) is 77.0 Å². The second-order valence-corrected chi connectivity index (χ2v) is 5.99. The Hall–Kier alpha value is -1.95. The van der Waals surface area contributed by atoms with Crippen molar-refractivity contribution in [1.82, 2.24) is 5.32 Å². The Kier molecular flexibility index (Phi) is 6.05. The third-order valence-electron chi connectivity index (χ3n) is 2.97. The van der Waals surface area contributed by atoms with Gasteiger partial charge in [0, 0.05) is 5.56 Å². The van der Waals surface area contributed by atoms with Gasteiger partial charge >= 0.3 is 6.09 Å². The number of rotatable bonds is 5. The number of benzene rings is 1. The van der Waals surface area contributed by atoms with Gasteiger partial charge in [-0.3, -0.25) is 0 Å². The number of carbonyl (C=O) groups excluding carboxylic acids is 1. The van der Waals surface area contributed by atoms with Crippen molar-refractivity contribution in [3.8, 4) is 11.5 Å². The first-order valence-electron chi connectivity index (χ1n) is 7.07. The van der Waals surface area contributed by atoms with Gasteiger partial charge in [0.25, 0.3) is 0 Å². The van der Waals surface area contributed by atoms with E-state index in [1.807, 2.05) is 0 Å². The summed E-state index contributed by atoms with van der Waals surface area (Å²) in [6.45, 7) is 7.02. The Bertz CT molecular complexity index is 510. The van der Waals surface area contributed by atoms with Crippen LogP contribution in [0.25, 0.3) is 0 Å². The van der Waals surface area contributed by atoms with Crippen LogP contribution in [0.5, 0.6) is 11.5 Å². The Morgan fingerprint density at radius 2 is 1.86 bits per heavy atom. The average Bonchev–Trinajstić information content (AvgIpc) is 2.43. The van der Waals surface area contributed by atoms with Crippen molar-refractivity contribution in [3.05, 3.63) is 23.8 Å². The van der Waals surface area contributed by atoms with Gasteiger partial charge in [-0.15, -0.1) is 0 Å². The minimum Gasteiger partial charge on any atom is -0.497 e. The summed E-state index contributed by atoms with van der Waals surface area (Å²) in [5, 5.41) is 13.1. The first-order valence-corrected chi connectivity index (χ1v) is 7.07.